The average molecular weight is 197 g/mol. The Balaban J connectivity index is 2.55. The normalized spacial score (nSPS) is 10.9. The lowest BCUT2D eigenvalue weighted by Crippen LogP contribution is -1.99. The molecule has 0 radical (unpaired) electrons. The fourth-order valence-corrected chi connectivity index (χ4v) is 1.49. The molecule has 1 N–H and O–H groups in total. The second-order valence-electron chi connectivity index (χ2n) is 2.79. The number of aliphatic hydroxyl groups is 1. The maximum Gasteiger partial charge on any atom is 0.0959 e. The second-order valence-corrected chi connectivity index (χ2v) is 3.23. The van der Waals surface area contributed by atoms with Gasteiger partial charge in [-0.2, -0.15) is 0 Å². The molecule has 0 amide bonds. The lowest BCUT2D eigenvalue weighted by molar-refractivity contribution is 0.278. The molecule has 4 heteroatoms. The van der Waals surface area contributed by atoms with Gasteiger partial charge in [-0.25, -0.2) is 4.98 Å². The van der Waals surface area contributed by atoms with Gasteiger partial charge in [-0.05, 0) is 18.2 Å². The molecule has 2 aromatic rings. The molecule has 1 heterocycles. The van der Waals surface area contributed by atoms with Crippen molar-refractivity contribution in [1.29, 1.82) is 0 Å². The van der Waals surface area contributed by atoms with E-state index in [2.05, 4.69) is 4.98 Å². The van der Waals surface area contributed by atoms with Crippen LogP contribution < -0.4 is 0 Å². The van der Waals surface area contributed by atoms with Crippen molar-refractivity contribution in [1.82, 2.24) is 9.55 Å². The Morgan fingerprint density at radius 2 is 2.31 bits per heavy atom. The zero-order valence-corrected chi connectivity index (χ0v) is 7.70. The first-order valence-corrected chi connectivity index (χ1v) is 4.40. The van der Waals surface area contributed by atoms with Crippen LogP contribution in [0.5, 0.6) is 0 Å². The summed E-state index contributed by atoms with van der Waals surface area (Å²) < 4.78 is 1.89. The van der Waals surface area contributed by atoms with Crippen molar-refractivity contribution in [2.75, 3.05) is 6.61 Å². The summed E-state index contributed by atoms with van der Waals surface area (Å²) in [5.74, 6) is 0. The van der Waals surface area contributed by atoms with Gasteiger partial charge in [0.25, 0.3) is 0 Å². The second kappa shape index (κ2) is 3.36. The van der Waals surface area contributed by atoms with E-state index < -0.39 is 0 Å². The fraction of sp³-hybridized carbons (Fsp3) is 0.222. The van der Waals surface area contributed by atoms with E-state index in [1.165, 1.54) is 0 Å². The first-order chi connectivity index (χ1) is 6.31. The molecule has 0 fully saturated rings. The van der Waals surface area contributed by atoms with Crippen LogP contribution >= 0.6 is 11.6 Å². The molecule has 1 aromatic heterocycles. The van der Waals surface area contributed by atoms with Crippen LogP contribution in [-0.2, 0) is 6.54 Å². The third-order valence-electron chi connectivity index (χ3n) is 1.92. The van der Waals surface area contributed by atoms with Crippen molar-refractivity contribution in [3.05, 3.63) is 29.5 Å². The van der Waals surface area contributed by atoms with Gasteiger partial charge in [0.1, 0.15) is 0 Å². The van der Waals surface area contributed by atoms with Crippen LogP contribution in [0.3, 0.4) is 0 Å². The molecule has 0 bridgehead atoms. The van der Waals surface area contributed by atoms with Gasteiger partial charge in [-0.1, -0.05) is 11.6 Å². The highest BCUT2D eigenvalue weighted by atomic mass is 35.5. The lowest BCUT2D eigenvalue weighted by atomic mass is 10.3. The average Bonchev–Trinajstić information content (AvgIpc) is 2.49. The number of aromatic nitrogens is 2. The number of aliphatic hydroxyl groups excluding tert-OH is 1. The quantitative estimate of drug-likeness (QED) is 0.794. The van der Waals surface area contributed by atoms with Crippen molar-refractivity contribution in [3.8, 4) is 0 Å². The minimum atomic E-state index is 0.119. The van der Waals surface area contributed by atoms with Gasteiger partial charge in [0.05, 0.1) is 24.0 Å². The number of hydrogen-bond acceptors (Lipinski definition) is 2. The molecule has 1 aromatic carbocycles. The monoisotopic (exact) mass is 196 g/mol. The van der Waals surface area contributed by atoms with E-state index in [1.807, 2.05) is 22.8 Å². The van der Waals surface area contributed by atoms with Gasteiger partial charge >= 0.3 is 0 Å². The SMILES string of the molecule is OCCn1cnc2cc(Cl)ccc21. The number of rotatable bonds is 2. The van der Waals surface area contributed by atoms with Gasteiger partial charge < -0.3 is 9.67 Å². The Bertz CT molecular complexity index is 424. The summed E-state index contributed by atoms with van der Waals surface area (Å²) in [7, 11) is 0. The number of imidazole rings is 1. The summed E-state index contributed by atoms with van der Waals surface area (Å²) in [5.41, 5.74) is 1.86. The summed E-state index contributed by atoms with van der Waals surface area (Å²) in [5, 5.41) is 9.46. The number of hydrogen-bond donors (Lipinski definition) is 1. The highest BCUT2D eigenvalue weighted by molar-refractivity contribution is 6.31. The van der Waals surface area contributed by atoms with E-state index in [4.69, 9.17) is 16.7 Å². The molecule has 3 nitrogen and oxygen atoms in total. The van der Waals surface area contributed by atoms with Crippen LogP contribution in [0.2, 0.25) is 5.02 Å². The number of benzene rings is 1. The first kappa shape index (κ1) is 8.53. The smallest absolute Gasteiger partial charge is 0.0959 e. The van der Waals surface area contributed by atoms with Crippen LogP contribution in [0.15, 0.2) is 24.5 Å². The van der Waals surface area contributed by atoms with E-state index >= 15 is 0 Å². The molecule has 0 saturated carbocycles. The minimum Gasteiger partial charge on any atom is -0.395 e. The largest absolute Gasteiger partial charge is 0.395 e. The predicted octanol–water partition coefficient (Wildman–Crippen LogP) is 1.68. The fourth-order valence-electron chi connectivity index (χ4n) is 1.32. The van der Waals surface area contributed by atoms with Crippen molar-refractivity contribution >= 4 is 22.6 Å². The summed E-state index contributed by atoms with van der Waals surface area (Å²) in [6.45, 7) is 0.687. The van der Waals surface area contributed by atoms with E-state index in [1.54, 1.807) is 6.33 Å². The summed E-state index contributed by atoms with van der Waals surface area (Å²) in [6, 6.07) is 5.53. The maximum absolute atomic E-state index is 8.78. The molecule has 0 unspecified atom stereocenters. The van der Waals surface area contributed by atoms with E-state index in [0.29, 0.717) is 11.6 Å². The van der Waals surface area contributed by atoms with Crippen LogP contribution in [-0.4, -0.2) is 21.3 Å². The van der Waals surface area contributed by atoms with Crippen LogP contribution in [0, 0.1) is 0 Å². The Morgan fingerprint density at radius 3 is 3.08 bits per heavy atom. The summed E-state index contributed by atoms with van der Waals surface area (Å²) >= 11 is 5.81. The number of fused-ring (bicyclic) bond motifs is 1. The molecule has 0 aliphatic carbocycles. The minimum absolute atomic E-state index is 0.119. The summed E-state index contributed by atoms with van der Waals surface area (Å²) in [4.78, 5) is 4.17. The Kier molecular flexibility index (Phi) is 2.20. The van der Waals surface area contributed by atoms with Crippen molar-refractivity contribution in [2.24, 2.45) is 0 Å². The van der Waals surface area contributed by atoms with E-state index in [-0.39, 0.29) is 6.61 Å². The molecular formula is C9H9ClN2O. The molecule has 0 saturated heterocycles. The Hall–Kier alpha value is -1.06. The van der Waals surface area contributed by atoms with Crippen molar-refractivity contribution < 1.29 is 5.11 Å². The topological polar surface area (TPSA) is 38.0 Å². The number of nitrogens with zero attached hydrogens (tertiary/aromatic N) is 2. The van der Waals surface area contributed by atoms with Gasteiger partial charge in [0, 0.05) is 11.6 Å². The van der Waals surface area contributed by atoms with Crippen molar-refractivity contribution in [2.45, 2.75) is 6.54 Å². The van der Waals surface area contributed by atoms with Gasteiger partial charge in [0.15, 0.2) is 0 Å². The van der Waals surface area contributed by atoms with Crippen LogP contribution in [0.25, 0.3) is 11.0 Å². The third-order valence-corrected chi connectivity index (χ3v) is 2.16. The first-order valence-electron chi connectivity index (χ1n) is 4.02. The standard InChI is InChI=1S/C9H9ClN2O/c10-7-1-2-9-8(5-7)11-6-12(9)3-4-13/h1-2,5-6,13H,3-4H2. The number of halogens is 1. The molecule has 68 valence electrons. The van der Waals surface area contributed by atoms with Crippen LogP contribution in [0.1, 0.15) is 0 Å². The highest BCUT2D eigenvalue weighted by Crippen LogP contribution is 2.17. The summed E-state index contributed by atoms with van der Waals surface area (Å²) in [6.07, 6.45) is 1.71. The van der Waals surface area contributed by atoms with E-state index in [9.17, 15) is 0 Å². The Morgan fingerprint density at radius 1 is 1.46 bits per heavy atom. The molecular weight excluding hydrogens is 188 g/mol. The lowest BCUT2D eigenvalue weighted by Gasteiger charge is -1.99. The van der Waals surface area contributed by atoms with E-state index in [0.717, 1.165) is 11.0 Å². The van der Waals surface area contributed by atoms with Crippen molar-refractivity contribution in [3.63, 3.8) is 0 Å². The molecule has 0 atom stereocenters. The molecule has 2 rings (SSSR count). The molecule has 0 aliphatic rings. The zero-order chi connectivity index (χ0) is 9.26. The van der Waals surface area contributed by atoms with Gasteiger partial charge in [-0.15, -0.1) is 0 Å². The molecule has 0 aliphatic heterocycles. The third kappa shape index (κ3) is 1.53. The van der Waals surface area contributed by atoms with Gasteiger partial charge in [0.2, 0.25) is 0 Å². The predicted molar refractivity (Wildman–Crippen MR) is 51.8 cm³/mol. The van der Waals surface area contributed by atoms with Crippen LogP contribution in [0.4, 0.5) is 0 Å². The molecule has 0 spiro atoms. The van der Waals surface area contributed by atoms with Gasteiger partial charge in [-0.3, -0.25) is 0 Å². The highest BCUT2D eigenvalue weighted by Gasteiger charge is 2.01. The maximum atomic E-state index is 8.78. The zero-order valence-electron chi connectivity index (χ0n) is 6.94. The molecule has 13 heavy (non-hydrogen) atoms. The Labute approximate surface area is 80.6 Å².